The maximum absolute atomic E-state index is 12.8. The number of ether oxygens (including phenoxy) is 1. The van der Waals surface area contributed by atoms with E-state index in [9.17, 15) is 17.6 Å². The average molecular weight is 291 g/mol. The molecule has 8 heteroatoms. The van der Waals surface area contributed by atoms with E-state index in [1.54, 1.807) is 0 Å². The van der Waals surface area contributed by atoms with E-state index in [4.69, 9.17) is 5.11 Å². The number of nitrogens with zero attached hydrogens (tertiary/aromatic N) is 1. The molecule has 19 heavy (non-hydrogen) atoms. The van der Waals surface area contributed by atoms with Crippen LogP contribution in [0, 0.1) is 5.82 Å². The number of hydrogen-bond donors (Lipinski definition) is 1. The van der Waals surface area contributed by atoms with Crippen molar-refractivity contribution in [3.63, 3.8) is 0 Å². The van der Waals surface area contributed by atoms with Crippen molar-refractivity contribution < 1.29 is 27.4 Å². The summed E-state index contributed by atoms with van der Waals surface area (Å²) < 4.78 is 42.3. The number of carbonyl (C=O) groups is 1. The molecule has 0 saturated heterocycles. The molecule has 106 valence electrons. The lowest BCUT2D eigenvalue weighted by molar-refractivity contribution is -0.140. The molecule has 0 aromatic heterocycles. The van der Waals surface area contributed by atoms with Gasteiger partial charge in [0.25, 0.3) is 0 Å². The normalized spacial score (nSPS) is 11.6. The van der Waals surface area contributed by atoms with Crippen LogP contribution in [0.1, 0.15) is 0 Å². The molecule has 6 nitrogen and oxygen atoms in total. The lowest BCUT2D eigenvalue weighted by atomic mass is 10.4. The van der Waals surface area contributed by atoms with Gasteiger partial charge in [0, 0.05) is 6.54 Å². The summed E-state index contributed by atoms with van der Waals surface area (Å²) in [6.07, 6.45) is 0. The molecule has 0 spiro atoms. The number of halogens is 1. The van der Waals surface area contributed by atoms with E-state index in [0.29, 0.717) is 0 Å². The zero-order valence-corrected chi connectivity index (χ0v) is 11.1. The van der Waals surface area contributed by atoms with Crippen molar-refractivity contribution in [1.29, 1.82) is 0 Å². The van der Waals surface area contributed by atoms with E-state index in [-0.39, 0.29) is 11.4 Å². The third-order valence-electron chi connectivity index (χ3n) is 2.33. The van der Waals surface area contributed by atoms with Crippen LogP contribution in [-0.2, 0) is 19.6 Å². The summed E-state index contributed by atoms with van der Waals surface area (Å²) in [5.74, 6) is -1.32. The summed E-state index contributed by atoms with van der Waals surface area (Å²) in [6.45, 7) is -1.22. The first kappa shape index (κ1) is 15.5. The fourth-order valence-corrected chi connectivity index (χ4v) is 2.74. The van der Waals surface area contributed by atoms with Crippen molar-refractivity contribution in [1.82, 2.24) is 4.31 Å². The third kappa shape index (κ3) is 3.98. The molecule has 0 heterocycles. The largest absolute Gasteiger partial charge is 0.468 e. The molecule has 1 aromatic rings. The molecule has 0 atom stereocenters. The van der Waals surface area contributed by atoms with Gasteiger partial charge < -0.3 is 9.84 Å². The first-order valence-corrected chi connectivity index (χ1v) is 6.79. The number of methoxy groups -OCH3 is 1. The lowest BCUT2D eigenvalue weighted by Gasteiger charge is -2.19. The fourth-order valence-electron chi connectivity index (χ4n) is 1.36. The number of hydrogen-bond acceptors (Lipinski definition) is 5. The standard InChI is InChI=1S/C11H14FNO5S/c1-18-11(15)8-13(6-7-14)19(16,17)10-4-2-9(12)3-5-10/h2-5,14H,6-8H2,1H3. The van der Waals surface area contributed by atoms with Crippen LogP contribution in [0.4, 0.5) is 4.39 Å². The Balaban J connectivity index is 3.05. The second-order valence-electron chi connectivity index (χ2n) is 3.59. The Bertz CT molecular complexity index is 529. The molecule has 0 saturated carbocycles. The number of sulfonamides is 1. The fraction of sp³-hybridized carbons (Fsp3) is 0.364. The van der Waals surface area contributed by atoms with Gasteiger partial charge in [0.1, 0.15) is 12.4 Å². The molecule has 0 fully saturated rings. The zero-order chi connectivity index (χ0) is 14.5. The zero-order valence-electron chi connectivity index (χ0n) is 10.2. The molecule has 0 aliphatic carbocycles. The first-order chi connectivity index (χ1) is 8.91. The molecule has 0 radical (unpaired) electrons. The minimum absolute atomic E-state index is 0.161. The van der Waals surface area contributed by atoms with E-state index in [0.717, 1.165) is 35.7 Å². The predicted molar refractivity (Wildman–Crippen MR) is 64.3 cm³/mol. The number of aliphatic hydroxyl groups excluding tert-OH is 1. The van der Waals surface area contributed by atoms with E-state index < -0.39 is 35.0 Å². The van der Waals surface area contributed by atoms with Crippen LogP contribution in [0.5, 0.6) is 0 Å². The quantitative estimate of drug-likeness (QED) is 0.745. The summed E-state index contributed by atoms with van der Waals surface area (Å²) in [6, 6.07) is 4.18. The molecule has 0 aliphatic heterocycles. The summed E-state index contributed by atoms with van der Waals surface area (Å²) in [4.78, 5) is 11.0. The van der Waals surface area contributed by atoms with Crippen molar-refractivity contribution in [3.8, 4) is 0 Å². The van der Waals surface area contributed by atoms with Crippen LogP contribution in [0.15, 0.2) is 29.2 Å². The van der Waals surface area contributed by atoms with Crippen molar-refractivity contribution in [3.05, 3.63) is 30.1 Å². The Labute approximate surface area is 110 Å². The van der Waals surface area contributed by atoms with Gasteiger partial charge in [-0.05, 0) is 24.3 Å². The average Bonchev–Trinajstić information content (AvgIpc) is 2.38. The van der Waals surface area contributed by atoms with Crippen LogP contribution in [0.2, 0.25) is 0 Å². The third-order valence-corrected chi connectivity index (χ3v) is 4.19. The van der Waals surface area contributed by atoms with Gasteiger partial charge in [0.15, 0.2) is 0 Å². The SMILES string of the molecule is COC(=O)CN(CCO)S(=O)(=O)c1ccc(F)cc1. The lowest BCUT2D eigenvalue weighted by Crippen LogP contribution is -2.38. The molecular formula is C11H14FNO5S. The monoisotopic (exact) mass is 291 g/mol. The molecule has 1 rings (SSSR count). The van der Waals surface area contributed by atoms with Crippen LogP contribution >= 0.6 is 0 Å². The first-order valence-electron chi connectivity index (χ1n) is 5.35. The van der Waals surface area contributed by atoms with Crippen molar-refractivity contribution >= 4 is 16.0 Å². The summed E-state index contributed by atoms with van der Waals surface area (Å²) >= 11 is 0. The van der Waals surface area contributed by atoms with Gasteiger partial charge in [0.2, 0.25) is 10.0 Å². The van der Waals surface area contributed by atoms with E-state index in [1.165, 1.54) is 0 Å². The second kappa shape index (κ2) is 6.60. The number of rotatable bonds is 6. The second-order valence-corrected chi connectivity index (χ2v) is 5.53. The van der Waals surface area contributed by atoms with Gasteiger partial charge in [-0.15, -0.1) is 0 Å². The van der Waals surface area contributed by atoms with Crippen LogP contribution in [0.25, 0.3) is 0 Å². The van der Waals surface area contributed by atoms with Crippen LogP contribution in [0.3, 0.4) is 0 Å². The molecule has 0 bridgehead atoms. The van der Waals surface area contributed by atoms with Gasteiger partial charge in [0.05, 0.1) is 18.6 Å². The Morgan fingerprint density at radius 1 is 1.37 bits per heavy atom. The minimum atomic E-state index is -3.98. The highest BCUT2D eigenvalue weighted by molar-refractivity contribution is 7.89. The molecule has 0 unspecified atom stereocenters. The van der Waals surface area contributed by atoms with E-state index in [1.807, 2.05) is 0 Å². The minimum Gasteiger partial charge on any atom is -0.468 e. The number of carbonyl (C=O) groups excluding carboxylic acids is 1. The Kier molecular flexibility index (Phi) is 5.40. The Morgan fingerprint density at radius 2 is 1.95 bits per heavy atom. The highest BCUT2D eigenvalue weighted by atomic mass is 32.2. The molecular weight excluding hydrogens is 277 g/mol. The van der Waals surface area contributed by atoms with Gasteiger partial charge in [-0.25, -0.2) is 12.8 Å². The van der Waals surface area contributed by atoms with Gasteiger partial charge in [-0.1, -0.05) is 0 Å². The number of benzene rings is 1. The number of esters is 1. The Morgan fingerprint density at radius 3 is 2.42 bits per heavy atom. The topological polar surface area (TPSA) is 83.9 Å². The van der Waals surface area contributed by atoms with Gasteiger partial charge >= 0.3 is 5.97 Å². The van der Waals surface area contributed by atoms with Crippen molar-refractivity contribution in [2.45, 2.75) is 4.90 Å². The van der Waals surface area contributed by atoms with E-state index >= 15 is 0 Å². The van der Waals surface area contributed by atoms with E-state index in [2.05, 4.69) is 4.74 Å². The van der Waals surface area contributed by atoms with Gasteiger partial charge in [-0.3, -0.25) is 4.79 Å². The summed E-state index contributed by atoms with van der Waals surface area (Å²) in [7, 11) is -2.85. The van der Waals surface area contributed by atoms with Crippen LogP contribution < -0.4 is 0 Å². The molecule has 0 aliphatic rings. The number of aliphatic hydroxyl groups is 1. The van der Waals surface area contributed by atoms with Crippen molar-refractivity contribution in [2.75, 3.05) is 26.8 Å². The predicted octanol–water partition coefficient (Wildman–Crippen LogP) is -0.0183. The molecule has 0 amide bonds. The molecule has 1 N–H and O–H groups in total. The molecule has 1 aromatic carbocycles. The maximum Gasteiger partial charge on any atom is 0.321 e. The maximum atomic E-state index is 12.8. The Hall–Kier alpha value is -1.51. The summed E-state index contributed by atoms with van der Waals surface area (Å²) in [5.41, 5.74) is 0. The van der Waals surface area contributed by atoms with Gasteiger partial charge in [-0.2, -0.15) is 4.31 Å². The highest BCUT2D eigenvalue weighted by Crippen LogP contribution is 2.15. The summed E-state index contributed by atoms with van der Waals surface area (Å²) in [5, 5.41) is 8.86. The highest BCUT2D eigenvalue weighted by Gasteiger charge is 2.26. The van der Waals surface area contributed by atoms with Crippen molar-refractivity contribution in [2.24, 2.45) is 0 Å². The van der Waals surface area contributed by atoms with Crippen LogP contribution in [-0.4, -0.2) is 50.6 Å². The smallest absolute Gasteiger partial charge is 0.321 e.